The van der Waals surface area contributed by atoms with Crippen molar-refractivity contribution < 1.29 is 14.3 Å². The number of aryl methyl sites for hydroxylation is 2. The first-order chi connectivity index (χ1) is 9.95. The van der Waals surface area contributed by atoms with Crippen LogP contribution >= 0.6 is 0 Å². The van der Waals surface area contributed by atoms with Crippen LogP contribution < -0.4 is 0 Å². The van der Waals surface area contributed by atoms with Gasteiger partial charge in [0.1, 0.15) is 11.8 Å². The molecule has 21 heavy (non-hydrogen) atoms. The number of esters is 1. The number of fused-ring (bicyclic) bond motifs is 1. The fraction of sp³-hybridized carbons (Fsp3) is 0.750. The van der Waals surface area contributed by atoms with Crippen LogP contribution in [-0.4, -0.2) is 34.6 Å². The molecule has 0 spiro atoms. The summed E-state index contributed by atoms with van der Waals surface area (Å²) in [5, 5.41) is 4.31. The molecule has 0 N–H and O–H groups in total. The van der Waals surface area contributed by atoms with E-state index in [1.165, 1.54) is 0 Å². The van der Waals surface area contributed by atoms with Gasteiger partial charge < -0.3 is 9.47 Å². The summed E-state index contributed by atoms with van der Waals surface area (Å²) in [6.07, 6.45) is 2.30. The van der Waals surface area contributed by atoms with Crippen molar-refractivity contribution in [3.05, 3.63) is 17.5 Å². The highest BCUT2D eigenvalue weighted by molar-refractivity contribution is 5.88. The SMILES string of the molecule is CCn1nc(C)cc1C(=O)O[C@@H]1[C@H]2CCCO[C@H]2C1(C)C. The standard InChI is InChI=1S/C16H24N2O3/c1-5-18-12(9-10(2)17-18)15(19)21-14-11-7-6-8-20-13(11)16(14,3)4/h9,11,13-14H,5-8H2,1-4H3/t11-,13+,14+/m0/s1. The van der Waals surface area contributed by atoms with Gasteiger partial charge in [0.25, 0.3) is 0 Å². The quantitative estimate of drug-likeness (QED) is 0.804. The summed E-state index contributed by atoms with van der Waals surface area (Å²) in [6.45, 7) is 9.61. The van der Waals surface area contributed by atoms with Crippen LogP contribution in [0.15, 0.2) is 6.07 Å². The molecule has 1 aromatic rings. The summed E-state index contributed by atoms with van der Waals surface area (Å²) in [5.74, 6) is 0.0799. The van der Waals surface area contributed by atoms with Crippen LogP contribution in [0, 0.1) is 18.3 Å². The van der Waals surface area contributed by atoms with E-state index in [2.05, 4.69) is 18.9 Å². The maximum absolute atomic E-state index is 12.5. The van der Waals surface area contributed by atoms with E-state index < -0.39 is 0 Å². The molecule has 1 aliphatic heterocycles. The maximum Gasteiger partial charge on any atom is 0.356 e. The van der Waals surface area contributed by atoms with Gasteiger partial charge in [-0.25, -0.2) is 4.79 Å². The molecule has 0 aromatic carbocycles. The van der Waals surface area contributed by atoms with Gasteiger partial charge in [-0.1, -0.05) is 13.8 Å². The van der Waals surface area contributed by atoms with Gasteiger partial charge in [0.2, 0.25) is 0 Å². The number of ether oxygens (including phenoxy) is 2. The average molecular weight is 292 g/mol. The number of nitrogens with zero attached hydrogens (tertiary/aromatic N) is 2. The van der Waals surface area contributed by atoms with Gasteiger partial charge in [-0.2, -0.15) is 5.10 Å². The van der Waals surface area contributed by atoms with Gasteiger partial charge >= 0.3 is 5.97 Å². The minimum atomic E-state index is -0.264. The number of carbonyl (C=O) groups excluding carboxylic acids is 1. The first-order valence-corrected chi connectivity index (χ1v) is 7.82. The van der Waals surface area contributed by atoms with E-state index in [0.717, 1.165) is 25.1 Å². The van der Waals surface area contributed by atoms with E-state index in [1.54, 1.807) is 10.7 Å². The molecule has 116 valence electrons. The van der Waals surface area contributed by atoms with Gasteiger partial charge in [-0.05, 0) is 32.8 Å². The van der Waals surface area contributed by atoms with E-state index in [-0.39, 0.29) is 23.6 Å². The summed E-state index contributed by atoms with van der Waals surface area (Å²) >= 11 is 0. The summed E-state index contributed by atoms with van der Waals surface area (Å²) in [5.41, 5.74) is 1.29. The second-order valence-corrected chi connectivity index (χ2v) is 6.73. The minimum Gasteiger partial charge on any atom is -0.457 e. The van der Waals surface area contributed by atoms with Gasteiger partial charge in [0, 0.05) is 24.5 Å². The number of rotatable bonds is 3. The molecule has 1 saturated carbocycles. The zero-order valence-electron chi connectivity index (χ0n) is 13.3. The predicted molar refractivity (Wildman–Crippen MR) is 78.1 cm³/mol. The molecular formula is C16H24N2O3. The number of aromatic nitrogens is 2. The van der Waals surface area contributed by atoms with Crippen LogP contribution in [0.1, 0.15) is 49.8 Å². The van der Waals surface area contributed by atoms with Crippen molar-refractivity contribution >= 4 is 5.97 Å². The molecule has 5 heteroatoms. The Kier molecular flexibility index (Phi) is 3.56. The molecule has 0 unspecified atom stereocenters. The third-order valence-corrected chi connectivity index (χ3v) is 4.87. The van der Waals surface area contributed by atoms with Gasteiger partial charge in [0.15, 0.2) is 0 Å². The smallest absolute Gasteiger partial charge is 0.356 e. The highest BCUT2D eigenvalue weighted by Gasteiger charge is 2.60. The monoisotopic (exact) mass is 292 g/mol. The Morgan fingerprint density at radius 3 is 3.05 bits per heavy atom. The van der Waals surface area contributed by atoms with Crippen molar-refractivity contribution in [1.29, 1.82) is 0 Å². The van der Waals surface area contributed by atoms with Gasteiger partial charge in [0.05, 0.1) is 11.8 Å². The lowest BCUT2D eigenvalue weighted by molar-refractivity contribution is -0.243. The van der Waals surface area contributed by atoms with Crippen molar-refractivity contribution in [1.82, 2.24) is 9.78 Å². The first kappa shape index (κ1) is 14.6. The Balaban J connectivity index is 1.75. The Labute approximate surface area is 125 Å². The lowest BCUT2D eigenvalue weighted by Gasteiger charge is -2.58. The molecule has 2 fully saturated rings. The van der Waals surface area contributed by atoms with Crippen molar-refractivity contribution in [3.63, 3.8) is 0 Å². The Morgan fingerprint density at radius 1 is 1.57 bits per heavy atom. The molecule has 3 atom stereocenters. The third kappa shape index (κ3) is 2.27. The van der Waals surface area contributed by atoms with Crippen LogP contribution in [0.4, 0.5) is 0 Å². The highest BCUT2D eigenvalue weighted by atomic mass is 16.6. The van der Waals surface area contributed by atoms with Gasteiger partial charge in [-0.15, -0.1) is 0 Å². The molecule has 1 aromatic heterocycles. The Morgan fingerprint density at radius 2 is 2.33 bits per heavy atom. The summed E-state index contributed by atoms with van der Waals surface area (Å²) in [7, 11) is 0. The van der Waals surface area contributed by atoms with Crippen LogP contribution in [0.3, 0.4) is 0 Å². The van der Waals surface area contributed by atoms with E-state index in [1.807, 2.05) is 13.8 Å². The Hall–Kier alpha value is -1.36. The second-order valence-electron chi connectivity index (χ2n) is 6.73. The predicted octanol–water partition coefficient (Wildman–Crippen LogP) is 2.57. The van der Waals surface area contributed by atoms with E-state index in [0.29, 0.717) is 18.2 Å². The van der Waals surface area contributed by atoms with Crippen molar-refractivity contribution in [2.45, 2.75) is 59.3 Å². The summed E-state index contributed by atoms with van der Waals surface area (Å²) in [4.78, 5) is 12.5. The number of carbonyl (C=O) groups is 1. The molecule has 2 aliphatic rings. The highest BCUT2D eigenvalue weighted by Crippen LogP contribution is 2.53. The molecule has 3 rings (SSSR count). The van der Waals surface area contributed by atoms with E-state index in [9.17, 15) is 4.79 Å². The molecule has 1 aliphatic carbocycles. The third-order valence-electron chi connectivity index (χ3n) is 4.87. The molecule has 0 bridgehead atoms. The summed E-state index contributed by atoms with van der Waals surface area (Å²) in [6, 6.07) is 1.80. The van der Waals surface area contributed by atoms with Gasteiger partial charge in [-0.3, -0.25) is 4.68 Å². The van der Waals surface area contributed by atoms with Crippen LogP contribution in [0.25, 0.3) is 0 Å². The first-order valence-electron chi connectivity index (χ1n) is 7.82. The molecular weight excluding hydrogens is 268 g/mol. The minimum absolute atomic E-state index is 0.0594. The van der Waals surface area contributed by atoms with Crippen LogP contribution in [0.5, 0.6) is 0 Å². The van der Waals surface area contributed by atoms with Crippen LogP contribution in [0.2, 0.25) is 0 Å². The lowest BCUT2D eigenvalue weighted by atomic mass is 9.57. The molecule has 5 nitrogen and oxygen atoms in total. The number of hydrogen-bond acceptors (Lipinski definition) is 4. The molecule has 0 radical (unpaired) electrons. The molecule has 0 amide bonds. The van der Waals surface area contributed by atoms with E-state index >= 15 is 0 Å². The second kappa shape index (κ2) is 5.13. The van der Waals surface area contributed by atoms with Crippen molar-refractivity contribution in [2.75, 3.05) is 6.61 Å². The molecule has 1 saturated heterocycles. The lowest BCUT2D eigenvalue weighted by Crippen LogP contribution is -2.65. The van der Waals surface area contributed by atoms with Crippen molar-refractivity contribution in [3.8, 4) is 0 Å². The fourth-order valence-electron chi connectivity index (χ4n) is 3.84. The zero-order valence-corrected chi connectivity index (χ0v) is 13.3. The van der Waals surface area contributed by atoms with E-state index in [4.69, 9.17) is 9.47 Å². The van der Waals surface area contributed by atoms with Crippen LogP contribution in [-0.2, 0) is 16.0 Å². The Bertz CT molecular complexity index is 550. The topological polar surface area (TPSA) is 53.4 Å². The molecule has 2 heterocycles. The normalized spacial score (nSPS) is 30.4. The average Bonchev–Trinajstić information content (AvgIpc) is 2.85. The van der Waals surface area contributed by atoms with Crippen molar-refractivity contribution in [2.24, 2.45) is 11.3 Å². The number of hydrogen-bond donors (Lipinski definition) is 0. The summed E-state index contributed by atoms with van der Waals surface area (Å²) < 4.78 is 13.4. The fourth-order valence-corrected chi connectivity index (χ4v) is 3.84. The zero-order chi connectivity index (χ0) is 15.2. The largest absolute Gasteiger partial charge is 0.457 e. The maximum atomic E-state index is 12.5.